The molecule has 12 heteroatoms. The molecule has 0 bridgehead atoms. The van der Waals surface area contributed by atoms with Crippen molar-refractivity contribution in [2.24, 2.45) is 5.92 Å². The third kappa shape index (κ3) is 4.94. The van der Waals surface area contributed by atoms with Crippen molar-refractivity contribution in [2.75, 3.05) is 13.7 Å². The second-order valence-electron chi connectivity index (χ2n) is 5.44. The van der Waals surface area contributed by atoms with Crippen LogP contribution in [0.25, 0.3) is 0 Å². The fourth-order valence-electron chi connectivity index (χ4n) is 2.57. The summed E-state index contributed by atoms with van der Waals surface area (Å²) in [7, 11) is 0.938. The molecular weight excluding hydrogens is 400 g/mol. The van der Waals surface area contributed by atoms with Crippen molar-refractivity contribution >= 4 is 29.0 Å². The van der Waals surface area contributed by atoms with E-state index in [0.29, 0.717) is 0 Å². The number of methoxy groups -OCH3 is 1. The Balaban J connectivity index is 3.85. The lowest BCUT2D eigenvalue weighted by Gasteiger charge is -2.22. The van der Waals surface area contributed by atoms with Gasteiger partial charge in [-0.05, 0) is 25.5 Å². The number of carbonyl (C=O) groups is 2. The maximum atomic E-state index is 12.4. The summed E-state index contributed by atoms with van der Waals surface area (Å²) in [4.78, 5) is 45.4. The minimum absolute atomic E-state index is 0.121. The molecule has 1 aromatic rings. The fraction of sp³-hybridized carbons (Fsp3) is 0.375. The van der Waals surface area contributed by atoms with E-state index in [0.717, 1.165) is 26.2 Å². The van der Waals surface area contributed by atoms with E-state index in [2.05, 4.69) is 4.74 Å². The number of nitro groups is 2. The number of ether oxygens (including phenoxy) is 2. The standard InChI is InChI=1S/C16H17ClN2O9/c1-4-28-15(21)12(8(2)20)13(14(19(25)26)16(22)27-3)9-5-6-10(17)11(7-9)18(23)24/h5-7,12-13,22H,4H2,1-3H3. The Morgan fingerprint density at radius 1 is 1.29 bits per heavy atom. The van der Waals surface area contributed by atoms with E-state index in [-0.39, 0.29) is 17.2 Å². The van der Waals surface area contributed by atoms with Gasteiger partial charge in [-0.1, -0.05) is 17.7 Å². The average Bonchev–Trinajstić information content (AvgIpc) is 2.60. The third-order valence-corrected chi connectivity index (χ3v) is 4.06. The average molecular weight is 417 g/mol. The summed E-state index contributed by atoms with van der Waals surface area (Å²) in [5.41, 5.74) is -1.82. The molecule has 28 heavy (non-hydrogen) atoms. The summed E-state index contributed by atoms with van der Waals surface area (Å²) >= 11 is 5.76. The highest BCUT2D eigenvalue weighted by atomic mass is 35.5. The summed E-state index contributed by atoms with van der Waals surface area (Å²) in [6, 6.07) is 3.14. The highest BCUT2D eigenvalue weighted by Gasteiger charge is 2.46. The number of carbonyl (C=O) groups excluding carboxylic acids is 2. The number of rotatable bonds is 9. The molecule has 0 aliphatic rings. The minimum atomic E-state index is -1.77. The van der Waals surface area contributed by atoms with Gasteiger partial charge in [0.15, 0.2) is 0 Å². The molecule has 0 fully saturated rings. The molecule has 0 saturated heterocycles. The largest absolute Gasteiger partial charge is 0.476 e. The number of aliphatic hydroxyl groups excluding tert-OH is 1. The number of benzene rings is 1. The van der Waals surface area contributed by atoms with Gasteiger partial charge in [-0.25, -0.2) is 0 Å². The lowest BCUT2D eigenvalue weighted by molar-refractivity contribution is -0.436. The summed E-state index contributed by atoms with van der Waals surface area (Å²) in [5.74, 6) is -6.57. The van der Waals surface area contributed by atoms with Crippen molar-refractivity contribution in [2.45, 2.75) is 19.8 Å². The van der Waals surface area contributed by atoms with Gasteiger partial charge in [-0.3, -0.25) is 29.8 Å². The van der Waals surface area contributed by atoms with Gasteiger partial charge in [0.1, 0.15) is 22.6 Å². The predicted molar refractivity (Wildman–Crippen MR) is 95.3 cm³/mol. The molecule has 2 atom stereocenters. The van der Waals surface area contributed by atoms with Gasteiger partial charge < -0.3 is 14.6 Å². The molecule has 0 aliphatic heterocycles. The zero-order valence-electron chi connectivity index (χ0n) is 15.1. The molecule has 0 aromatic heterocycles. The number of nitro benzene ring substituents is 1. The molecular formula is C16H17ClN2O9. The van der Waals surface area contributed by atoms with Crippen molar-refractivity contribution in [3.05, 3.63) is 60.7 Å². The smallest absolute Gasteiger partial charge is 0.354 e. The first-order valence-electron chi connectivity index (χ1n) is 7.79. The van der Waals surface area contributed by atoms with Crippen LogP contribution in [0.5, 0.6) is 0 Å². The monoisotopic (exact) mass is 416 g/mol. The first-order valence-corrected chi connectivity index (χ1v) is 8.16. The SMILES string of the molecule is CCOC(=O)C(C(C)=O)C(C(=C(O)OC)[N+](=O)[O-])c1ccc(Cl)c([N+](=O)[O-])c1. The lowest BCUT2D eigenvalue weighted by atomic mass is 9.81. The molecule has 1 rings (SSSR count). The first-order chi connectivity index (χ1) is 13.1. The van der Waals surface area contributed by atoms with Crippen molar-refractivity contribution in [3.63, 3.8) is 0 Å². The quantitative estimate of drug-likeness (QED) is 0.210. The van der Waals surface area contributed by atoms with Crippen LogP contribution in [-0.4, -0.2) is 40.4 Å². The van der Waals surface area contributed by atoms with E-state index < -0.39 is 50.8 Å². The van der Waals surface area contributed by atoms with Gasteiger partial charge in [-0.2, -0.15) is 0 Å². The highest BCUT2D eigenvalue weighted by Crippen LogP contribution is 2.38. The van der Waals surface area contributed by atoms with Gasteiger partial charge in [0.2, 0.25) is 0 Å². The van der Waals surface area contributed by atoms with Crippen LogP contribution < -0.4 is 0 Å². The maximum Gasteiger partial charge on any atom is 0.354 e. The van der Waals surface area contributed by atoms with E-state index in [9.17, 15) is 34.9 Å². The Morgan fingerprint density at radius 3 is 2.32 bits per heavy atom. The van der Waals surface area contributed by atoms with Crippen LogP contribution in [0.2, 0.25) is 5.02 Å². The number of aliphatic hydroxyl groups is 1. The van der Waals surface area contributed by atoms with Gasteiger partial charge >= 0.3 is 17.6 Å². The molecule has 0 aliphatic carbocycles. The fourth-order valence-corrected chi connectivity index (χ4v) is 2.76. The van der Waals surface area contributed by atoms with Crippen LogP contribution in [-0.2, 0) is 19.1 Å². The minimum Gasteiger partial charge on any atom is -0.476 e. The number of halogens is 1. The van der Waals surface area contributed by atoms with Crippen LogP contribution in [0.4, 0.5) is 5.69 Å². The molecule has 0 spiro atoms. The number of Topliss-reactive ketones (excluding diaryl/α,β-unsaturated/α-hetero) is 1. The summed E-state index contributed by atoms with van der Waals surface area (Å²) in [5, 5.41) is 32.4. The van der Waals surface area contributed by atoms with E-state index in [1.807, 2.05) is 0 Å². The maximum absolute atomic E-state index is 12.4. The lowest BCUT2D eigenvalue weighted by Crippen LogP contribution is -2.34. The van der Waals surface area contributed by atoms with Crippen LogP contribution >= 0.6 is 11.6 Å². The molecule has 0 amide bonds. The van der Waals surface area contributed by atoms with E-state index in [1.54, 1.807) is 0 Å². The van der Waals surface area contributed by atoms with Gasteiger partial charge in [0.05, 0.1) is 23.6 Å². The van der Waals surface area contributed by atoms with E-state index in [4.69, 9.17) is 16.3 Å². The molecule has 0 heterocycles. The zero-order chi connectivity index (χ0) is 21.6. The van der Waals surface area contributed by atoms with Crippen LogP contribution in [0.1, 0.15) is 25.3 Å². The second-order valence-corrected chi connectivity index (χ2v) is 5.84. The van der Waals surface area contributed by atoms with Crippen molar-refractivity contribution in [3.8, 4) is 0 Å². The Hall–Kier alpha value is -3.21. The normalized spacial score (nSPS) is 13.7. The van der Waals surface area contributed by atoms with Crippen LogP contribution in [0.3, 0.4) is 0 Å². The van der Waals surface area contributed by atoms with Gasteiger partial charge in [0, 0.05) is 6.07 Å². The molecule has 152 valence electrons. The number of nitrogens with zero attached hydrogens (tertiary/aromatic N) is 2. The molecule has 1 N–H and O–H groups in total. The molecule has 1 aromatic carbocycles. The van der Waals surface area contributed by atoms with Crippen molar-refractivity contribution in [1.82, 2.24) is 0 Å². The highest BCUT2D eigenvalue weighted by molar-refractivity contribution is 6.32. The third-order valence-electron chi connectivity index (χ3n) is 3.74. The van der Waals surface area contributed by atoms with Crippen LogP contribution in [0, 0.1) is 26.1 Å². The first kappa shape index (κ1) is 22.8. The van der Waals surface area contributed by atoms with E-state index >= 15 is 0 Å². The number of hydrogen-bond acceptors (Lipinski definition) is 9. The molecule has 0 saturated carbocycles. The second kappa shape index (κ2) is 9.65. The van der Waals surface area contributed by atoms with Crippen molar-refractivity contribution < 1.29 is 34.0 Å². The number of hydrogen-bond donors (Lipinski definition) is 1. The topological polar surface area (TPSA) is 159 Å². The molecule has 11 nitrogen and oxygen atoms in total. The molecule has 0 radical (unpaired) electrons. The van der Waals surface area contributed by atoms with Crippen molar-refractivity contribution in [1.29, 1.82) is 0 Å². The Kier molecular flexibility index (Phi) is 7.87. The van der Waals surface area contributed by atoms with Crippen LogP contribution in [0.15, 0.2) is 29.8 Å². The summed E-state index contributed by atoms with van der Waals surface area (Å²) in [6.07, 6.45) is 0. The Morgan fingerprint density at radius 2 is 1.89 bits per heavy atom. The number of ketones is 1. The number of allylic oxidation sites excluding steroid dienone is 1. The zero-order valence-corrected chi connectivity index (χ0v) is 15.8. The van der Waals surface area contributed by atoms with Gasteiger partial charge in [0.25, 0.3) is 5.69 Å². The summed E-state index contributed by atoms with van der Waals surface area (Å²) < 4.78 is 9.34. The number of esters is 1. The van der Waals surface area contributed by atoms with E-state index in [1.165, 1.54) is 13.0 Å². The van der Waals surface area contributed by atoms with Gasteiger partial charge in [-0.15, -0.1) is 0 Å². The Labute approximate surface area is 163 Å². The summed E-state index contributed by atoms with van der Waals surface area (Å²) in [6.45, 7) is 2.35. The molecule has 2 unspecified atom stereocenters. The Bertz CT molecular complexity index is 837. The predicted octanol–water partition coefficient (Wildman–Crippen LogP) is 2.75.